The van der Waals surface area contributed by atoms with Crippen LogP contribution in [0.1, 0.15) is 26.2 Å². The van der Waals surface area contributed by atoms with Crippen LogP contribution in [0.2, 0.25) is 0 Å². The minimum absolute atomic E-state index is 1.18. The average Bonchev–Trinajstić information content (AvgIpc) is 2.50. The van der Waals surface area contributed by atoms with Crippen molar-refractivity contribution in [3.63, 3.8) is 0 Å². The van der Waals surface area contributed by atoms with Gasteiger partial charge in [-0.3, -0.25) is 0 Å². The van der Waals surface area contributed by atoms with Gasteiger partial charge in [-0.25, -0.2) is 9.55 Å². The first-order chi connectivity index (χ1) is 5.43. The molecule has 1 aromatic rings. The van der Waals surface area contributed by atoms with E-state index in [1.54, 1.807) is 0 Å². The molecule has 1 aromatic heterocycles. The van der Waals surface area contributed by atoms with Gasteiger partial charge >= 0.3 is 0 Å². The van der Waals surface area contributed by atoms with E-state index in [9.17, 15) is 0 Å². The van der Waals surface area contributed by atoms with Gasteiger partial charge in [-0.1, -0.05) is 13.3 Å². The van der Waals surface area contributed by atoms with Gasteiger partial charge < -0.3 is 0 Å². The van der Waals surface area contributed by atoms with Crippen LogP contribution in [-0.4, -0.2) is 4.98 Å². The van der Waals surface area contributed by atoms with Crippen molar-refractivity contribution in [1.82, 2.24) is 4.98 Å². The Hall–Kier alpha value is -1.05. The van der Waals surface area contributed by atoms with E-state index in [2.05, 4.69) is 24.2 Å². The average molecular weight is 151 g/mol. The summed E-state index contributed by atoms with van der Waals surface area (Å²) in [5, 5.41) is 0. The molecule has 2 nitrogen and oxygen atoms in total. The van der Waals surface area contributed by atoms with Crippen molar-refractivity contribution in [2.75, 3.05) is 0 Å². The zero-order valence-corrected chi connectivity index (χ0v) is 6.96. The number of allylic oxidation sites excluding steroid dienone is 1. The summed E-state index contributed by atoms with van der Waals surface area (Å²) >= 11 is 0. The first-order valence-corrected chi connectivity index (χ1v) is 4.13. The molecule has 2 heteroatoms. The second-order valence-electron chi connectivity index (χ2n) is 2.59. The summed E-state index contributed by atoms with van der Waals surface area (Å²) in [4.78, 5) is 2.98. The van der Waals surface area contributed by atoms with Gasteiger partial charge in [0.1, 0.15) is 12.4 Å². The summed E-state index contributed by atoms with van der Waals surface area (Å²) in [7, 11) is 0. The fourth-order valence-corrected chi connectivity index (χ4v) is 0.912. The van der Waals surface area contributed by atoms with Gasteiger partial charge in [-0.2, -0.15) is 0 Å². The Kier molecular flexibility index (Phi) is 3.45. The number of nitrogens with one attached hydrogen (secondary N) is 1. The number of aromatic nitrogens is 2. The first kappa shape index (κ1) is 8.05. The summed E-state index contributed by atoms with van der Waals surface area (Å²) in [6.45, 7) is 2.21. The molecule has 0 aliphatic heterocycles. The maximum absolute atomic E-state index is 2.98. The predicted octanol–water partition coefficient (Wildman–Crippen LogP) is 1.96. The molecule has 0 aliphatic rings. The first-order valence-electron chi connectivity index (χ1n) is 4.13. The molecule has 0 aliphatic carbocycles. The number of H-pyrrole nitrogens is 1. The monoisotopic (exact) mass is 151 g/mol. The lowest BCUT2D eigenvalue weighted by Crippen LogP contribution is -2.20. The van der Waals surface area contributed by atoms with Gasteiger partial charge in [0.25, 0.3) is 0 Å². The largest absolute Gasteiger partial charge is 0.250 e. The third-order valence-electron chi connectivity index (χ3n) is 1.57. The van der Waals surface area contributed by atoms with Crippen LogP contribution < -0.4 is 4.57 Å². The Morgan fingerprint density at radius 3 is 3.09 bits per heavy atom. The van der Waals surface area contributed by atoms with E-state index in [0.29, 0.717) is 0 Å². The molecule has 0 saturated carbocycles. The fourth-order valence-electron chi connectivity index (χ4n) is 0.912. The Labute approximate surface area is 67.6 Å². The lowest BCUT2D eigenvalue weighted by molar-refractivity contribution is -0.566. The molecular formula is C9H15N2+. The van der Waals surface area contributed by atoms with Crippen LogP contribution in [0.3, 0.4) is 0 Å². The number of nitrogens with zero attached hydrogens (tertiary/aromatic N) is 1. The van der Waals surface area contributed by atoms with E-state index in [1.165, 1.54) is 19.3 Å². The Bertz CT molecular complexity index is 199. The zero-order valence-electron chi connectivity index (χ0n) is 6.96. The van der Waals surface area contributed by atoms with E-state index < -0.39 is 0 Å². The highest BCUT2D eigenvalue weighted by Gasteiger charge is 1.86. The number of imidazole rings is 1. The highest BCUT2D eigenvalue weighted by atomic mass is 15.0. The second-order valence-corrected chi connectivity index (χ2v) is 2.59. The Balaban J connectivity index is 2.25. The van der Waals surface area contributed by atoms with Crippen molar-refractivity contribution in [2.24, 2.45) is 0 Å². The lowest BCUT2D eigenvalue weighted by Gasteiger charge is -1.85. The molecule has 0 radical (unpaired) electrons. The minimum Gasteiger partial charge on any atom is -0.250 e. The predicted molar refractivity (Wildman–Crippen MR) is 45.8 cm³/mol. The summed E-state index contributed by atoms with van der Waals surface area (Å²) in [6, 6.07) is 0. The van der Waals surface area contributed by atoms with Crippen LogP contribution in [0.15, 0.2) is 24.8 Å². The van der Waals surface area contributed by atoms with Gasteiger partial charge in [0, 0.05) is 0 Å². The Morgan fingerprint density at radius 1 is 1.55 bits per heavy atom. The number of rotatable bonds is 4. The van der Waals surface area contributed by atoms with Crippen LogP contribution in [0.4, 0.5) is 0 Å². The third kappa shape index (κ3) is 3.03. The second kappa shape index (κ2) is 4.72. The van der Waals surface area contributed by atoms with Crippen molar-refractivity contribution >= 4 is 6.20 Å². The molecule has 0 atom stereocenters. The lowest BCUT2D eigenvalue weighted by atomic mass is 10.2. The van der Waals surface area contributed by atoms with E-state index >= 15 is 0 Å². The quantitative estimate of drug-likeness (QED) is 0.501. The van der Waals surface area contributed by atoms with Gasteiger partial charge in [0.05, 0.1) is 6.20 Å². The highest BCUT2D eigenvalue weighted by molar-refractivity contribution is 5.04. The van der Waals surface area contributed by atoms with Gasteiger partial charge in [0.15, 0.2) is 0 Å². The molecule has 1 N–H and O–H groups in total. The summed E-state index contributed by atoms with van der Waals surface area (Å²) in [5.41, 5.74) is 0. The SMILES string of the molecule is CCCCC=C[n+]1cc[nH]c1. The summed E-state index contributed by atoms with van der Waals surface area (Å²) < 4.78 is 2.01. The summed E-state index contributed by atoms with van der Waals surface area (Å²) in [6.07, 6.45) is 13.8. The molecule has 0 saturated heterocycles. The molecule has 60 valence electrons. The number of hydrogen-bond donors (Lipinski definition) is 1. The van der Waals surface area contributed by atoms with Crippen molar-refractivity contribution in [3.05, 3.63) is 24.8 Å². The number of hydrogen-bond acceptors (Lipinski definition) is 0. The molecule has 0 spiro atoms. The molecule has 0 fully saturated rings. The minimum atomic E-state index is 1.18. The molecular weight excluding hydrogens is 136 g/mol. The number of aromatic amines is 1. The maximum atomic E-state index is 2.98. The third-order valence-corrected chi connectivity index (χ3v) is 1.57. The van der Waals surface area contributed by atoms with Gasteiger partial charge in [-0.05, 0) is 18.9 Å². The van der Waals surface area contributed by atoms with Crippen molar-refractivity contribution in [2.45, 2.75) is 26.2 Å². The molecule has 0 amide bonds. The van der Waals surface area contributed by atoms with Crippen LogP contribution in [-0.2, 0) is 0 Å². The van der Waals surface area contributed by atoms with Gasteiger partial charge in [0.2, 0.25) is 6.33 Å². The Morgan fingerprint density at radius 2 is 2.45 bits per heavy atom. The highest BCUT2D eigenvalue weighted by Crippen LogP contribution is 1.93. The maximum Gasteiger partial charge on any atom is 0.246 e. The van der Waals surface area contributed by atoms with Crippen molar-refractivity contribution < 1.29 is 4.57 Å². The molecule has 0 aromatic carbocycles. The standard InChI is InChI=1S/C9H14N2/c1-2-3-4-5-7-11-8-6-10-9-11/h5-9H,2-4H2,1H3/p+1. The van der Waals surface area contributed by atoms with E-state index in [4.69, 9.17) is 0 Å². The molecule has 0 unspecified atom stereocenters. The van der Waals surface area contributed by atoms with E-state index in [1.807, 2.05) is 23.3 Å². The molecule has 1 heterocycles. The molecule has 0 bridgehead atoms. The summed E-state index contributed by atoms with van der Waals surface area (Å²) in [5.74, 6) is 0. The topological polar surface area (TPSA) is 19.7 Å². The van der Waals surface area contributed by atoms with Crippen molar-refractivity contribution in [1.29, 1.82) is 0 Å². The van der Waals surface area contributed by atoms with E-state index in [0.717, 1.165) is 0 Å². The van der Waals surface area contributed by atoms with Crippen LogP contribution in [0.5, 0.6) is 0 Å². The van der Waals surface area contributed by atoms with Gasteiger partial charge in [-0.15, -0.1) is 0 Å². The van der Waals surface area contributed by atoms with E-state index in [-0.39, 0.29) is 0 Å². The fraction of sp³-hybridized carbons (Fsp3) is 0.444. The number of unbranched alkanes of at least 4 members (excludes halogenated alkanes) is 2. The zero-order chi connectivity index (χ0) is 7.94. The molecule has 11 heavy (non-hydrogen) atoms. The van der Waals surface area contributed by atoms with Crippen LogP contribution >= 0.6 is 0 Å². The normalized spacial score (nSPS) is 11.0. The van der Waals surface area contributed by atoms with Crippen molar-refractivity contribution in [3.8, 4) is 0 Å². The smallest absolute Gasteiger partial charge is 0.246 e. The molecule has 1 rings (SSSR count). The van der Waals surface area contributed by atoms with Crippen LogP contribution in [0.25, 0.3) is 6.20 Å². The van der Waals surface area contributed by atoms with Crippen LogP contribution in [0, 0.1) is 0 Å².